The average Bonchev–Trinajstić information content (AvgIpc) is 2.91. The normalized spacial score (nSPS) is 11.0. The van der Waals surface area contributed by atoms with Gasteiger partial charge in [-0.2, -0.15) is 0 Å². The summed E-state index contributed by atoms with van der Waals surface area (Å²) in [4.78, 5) is 15.6. The SMILES string of the molecule is Cc1ccc(OCc2nc3cc(C(=O)O)ccc3n2CCO)c(C)c1. The first-order valence-electron chi connectivity index (χ1n) is 8.03. The molecule has 0 unspecified atom stereocenters. The van der Waals surface area contributed by atoms with Crippen LogP contribution in [0.25, 0.3) is 11.0 Å². The minimum atomic E-state index is -0.994. The molecular weight excluding hydrogens is 320 g/mol. The number of carboxylic acids is 1. The number of ether oxygens (including phenoxy) is 1. The summed E-state index contributed by atoms with van der Waals surface area (Å²) in [5, 5.41) is 18.5. The van der Waals surface area contributed by atoms with Crippen molar-refractivity contribution in [3.63, 3.8) is 0 Å². The van der Waals surface area contributed by atoms with E-state index in [0.717, 1.165) is 16.8 Å². The Labute approximate surface area is 145 Å². The van der Waals surface area contributed by atoms with E-state index >= 15 is 0 Å². The molecule has 0 aliphatic heterocycles. The second kappa shape index (κ2) is 6.94. The van der Waals surface area contributed by atoms with Crippen LogP contribution in [0, 0.1) is 13.8 Å². The quantitative estimate of drug-likeness (QED) is 0.721. The molecule has 0 atom stereocenters. The van der Waals surface area contributed by atoms with Crippen molar-refractivity contribution in [2.45, 2.75) is 27.0 Å². The third kappa shape index (κ3) is 3.49. The smallest absolute Gasteiger partial charge is 0.335 e. The number of imidazole rings is 1. The standard InChI is InChI=1S/C19H20N2O4/c1-12-3-6-17(13(2)9-12)25-11-18-20-15-10-14(19(23)24)4-5-16(15)21(18)7-8-22/h3-6,9-10,22H,7-8,11H2,1-2H3,(H,23,24). The van der Waals surface area contributed by atoms with Gasteiger partial charge in [0.2, 0.25) is 0 Å². The summed E-state index contributed by atoms with van der Waals surface area (Å²) in [6, 6.07) is 10.7. The van der Waals surface area contributed by atoms with Crippen molar-refractivity contribution < 1.29 is 19.7 Å². The molecule has 3 aromatic rings. The van der Waals surface area contributed by atoms with Gasteiger partial charge in [-0.05, 0) is 43.7 Å². The maximum Gasteiger partial charge on any atom is 0.335 e. The number of carboxylic acid groups (broad SMARTS) is 1. The molecule has 0 saturated heterocycles. The third-order valence-corrected chi connectivity index (χ3v) is 4.09. The lowest BCUT2D eigenvalue weighted by Gasteiger charge is -2.11. The Bertz CT molecular complexity index is 931. The molecule has 0 spiro atoms. The molecule has 1 heterocycles. The lowest BCUT2D eigenvalue weighted by molar-refractivity contribution is 0.0697. The van der Waals surface area contributed by atoms with Crippen LogP contribution < -0.4 is 4.74 Å². The zero-order valence-electron chi connectivity index (χ0n) is 14.2. The summed E-state index contributed by atoms with van der Waals surface area (Å²) in [5.41, 5.74) is 3.74. The molecule has 0 amide bonds. The highest BCUT2D eigenvalue weighted by molar-refractivity contribution is 5.92. The first kappa shape index (κ1) is 17.0. The van der Waals surface area contributed by atoms with E-state index < -0.39 is 5.97 Å². The highest BCUT2D eigenvalue weighted by Crippen LogP contribution is 2.22. The molecule has 0 fully saturated rings. The second-order valence-corrected chi connectivity index (χ2v) is 5.97. The molecule has 0 bridgehead atoms. The third-order valence-electron chi connectivity index (χ3n) is 4.09. The Balaban J connectivity index is 1.93. The van der Waals surface area contributed by atoms with Gasteiger partial charge >= 0.3 is 5.97 Å². The van der Waals surface area contributed by atoms with Gasteiger partial charge in [0, 0.05) is 6.54 Å². The minimum Gasteiger partial charge on any atom is -0.485 e. The highest BCUT2D eigenvalue weighted by atomic mass is 16.5. The maximum absolute atomic E-state index is 11.1. The van der Waals surface area contributed by atoms with Gasteiger partial charge in [0.15, 0.2) is 0 Å². The fraction of sp³-hybridized carbons (Fsp3) is 0.263. The van der Waals surface area contributed by atoms with Crippen LogP contribution in [0.3, 0.4) is 0 Å². The van der Waals surface area contributed by atoms with Gasteiger partial charge in [0.1, 0.15) is 18.2 Å². The van der Waals surface area contributed by atoms with Crippen LogP contribution in [0.2, 0.25) is 0 Å². The molecule has 0 radical (unpaired) electrons. The van der Waals surface area contributed by atoms with Crippen molar-refractivity contribution >= 4 is 17.0 Å². The Morgan fingerprint density at radius 1 is 1.20 bits per heavy atom. The maximum atomic E-state index is 11.1. The molecule has 25 heavy (non-hydrogen) atoms. The average molecular weight is 340 g/mol. The van der Waals surface area contributed by atoms with Gasteiger partial charge in [0.25, 0.3) is 0 Å². The van der Waals surface area contributed by atoms with Gasteiger partial charge in [-0.25, -0.2) is 9.78 Å². The molecule has 2 aromatic carbocycles. The van der Waals surface area contributed by atoms with Crippen molar-refractivity contribution in [3.8, 4) is 5.75 Å². The first-order valence-corrected chi connectivity index (χ1v) is 8.03. The molecular formula is C19H20N2O4. The van der Waals surface area contributed by atoms with Gasteiger partial charge in [-0.1, -0.05) is 17.7 Å². The molecule has 3 rings (SSSR count). The van der Waals surface area contributed by atoms with Gasteiger partial charge < -0.3 is 19.5 Å². The van der Waals surface area contributed by atoms with Crippen molar-refractivity contribution in [3.05, 3.63) is 58.9 Å². The zero-order valence-corrected chi connectivity index (χ0v) is 14.2. The fourth-order valence-electron chi connectivity index (χ4n) is 2.88. The molecule has 2 N–H and O–H groups in total. The van der Waals surface area contributed by atoms with E-state index in [0.29, 0.717) is 17.9 Å². The van der Waals surface area contributed by atoms with Crippen molar-refractivity contribution in [2.24, 2.45) is 0 Å². The Hall–Kier alpha value is -2.86. The monoisotopic (exact) mass is 340 g/mol. The van der Waals surface area contributed by atoms with E-state index in [2.05, 4.69) is 4.98 Å². The van der Waals surface area contributed by atoms with Crippen LogP contribution in [0.4, 0.5) is 0 Å². The Morgan fingerprint density at radius 2 is 2.00 bits per heavy atom. The summed E-state index contributed by atoms with van der Waals surface area (Å²) >= 11 is 0. The number of aliphatic hydroxyl groups excluding tert-OH is 1. The second-order valence-electron chi connectivity index (χ2n) is 5.97. The number of hydrogen-bond acceptors (Lipinski definition) is 4. The summed E-state index contributed by atoms with van der Waals surface area (Å²) in [6.07, 6.45) is 0. The number of aromatic nitrogens is 2. The number of fused-ring (bicyclic) bond motifs is 1. The number of benzene rings is 2. The summed E-state index contributed by atoms with van der Waals surface area (Å²) in [7, 11) is 0. The van der Waals surface area contributed by atoms with Crippen LogP contribution in [-0.4, -0.2) is 32.3 Å². The molecule has 0 saturated carbocycles. The molecule has 1 aromatic heterocycles. The van der Waals surface area contributed by atoms with Crippen molar-refractivity contribution in [1.29, 1.82) is 0 Å². The number of nitrogens with zero attached hydrogens (tertiary/aromatic N) is 2. The number of carbonyl (C=O) groups is 1. The van der Waals surface area contributed by atoms with Crippen LogP contribution >= 0.6 is 0 Å². The number of aromatic carboxylic acids is 1. The summed E-state index contributed by atoms with van der Waals surface area (Å²) < 4.78 is 7.74. The Morgan fingerprint density at radius 3 is 2.68 bits per heavy atom. The van der Waals surface area contributed by atoms with Crippen molar-refractivity contribution in [1.82, 2.24) is 9.55 Å². The van der Waals surface area contributed by atoms with E-state index in [1.165, 1.54) is 17.7 Å². The lowest BCUT2D eigenvalue weighted by atomic mass is 10.1. The highest BCUT2D eigenvalue weighted by Gasteiger charge is 2.14. The van der Waals surface area contributed by atoms with Crippen LogP contribution in [0.15, 0.2) is 36.4 Å². The van der Waals surface area contributed by atoms with Crippen LogP contribution in [0.1, 0.15) is 27.3 Å². The fourth-order valence-corrected chi connectivity index (χ4v) is 2.88. The van der Waals surface area contributed by atoms with E-state index in [-0.39, 0.29) is 18.8 Å². The van der Waals surface area contributed by atoms with Crippen LogP contribution in [0.5, 0.6) is 5.75 Å². The molecule has 130 valence electrons. The van der Waals surface area contributed by atoms with Gasteiger partial charge in [0.05, 0.1) is 23.2 Å². The summed E-state index contributed by atoms with van der Waals surface area (Å²) in [5.74, 6) is 0.428. The Kier molecular flexibility index (Phi) is 4.72. The zero-order chi connectivity index (χ0) is 18.0. The van der Waals surface area contributed by atoms with Crippen LogP contribution in [-0.2, 0) is 13.2 Å². The number of aryl methyl sites for hydroxylation is 2. The largest absolute Gasteiger partial charge is 0.485 e. The first-order chi connectivity index (χ1) is 12.0. The molecule has 0 aliphatic carbocycles. The minimum absolute atomic E-state index is 0.0390. The predicted octanol–water partition coefficient (Wildman–Crippen LogP) is 2.92. The topological polar surface area (TPSA) is 84.6 Å². The van der Waals surface area contributed by atoms with E-state index in [9.17, 15) is 9.90 Å². The number of aliphatic hydroxyl groups is 1. The molecule has 0 aliphatic rings. The van der Waals surface area contributed by atoms with Gasteiger partial charge in [-0.15, -0.1) is 0 Å². The lowest BCUT2D eigenvalue weighted by Crippen LogP contribution is -2.10. The summed E-state index contributed by atoms with van der Waals surface area (Å²) in [6.45, 7) is 4.58. The van der Waals surface area contributed by atoms with Gasteiger partial charge in [-0.3, -0.25) is 0 Å². The van der Waals surface area contributed by atoms with E-state index in [4.69, 9.17) is 9.84 Å². The molecule has 6 nitrogen and oxygen atoms in total. The predicted molar refractivity (Wildman–Crippen MR) is 94.0 cm³/mol. The number of rotatable bonds is 6. The number of hydrogen-bond donors (Lipinski definition) is 2. The van der Waals surface area contributed by atoms with Crippen molar-refractivity contribution in [2.75, 3.05) is 6.61 Å². The molecule has 6 heteroatoms. The van der Waals surface area contributed by atoms with E-state index in [1.54, 1.807) is 6.07 Å². The van der Waals surface area contributed by atoms with E-state index in [1.807, 2.05) is 36.6 Å².